The molecule has 0 amide bonds. The number of thiazole rings is 1. The number of aromatic nitrogens is 1. The molecule has 0 spiro atoms. The van der Waals surface area contributed by atoms with E-state index in [4.69, 9.17) is 4.42 Å². The average Bonchev–Trinajstić information content (AvgIpc) is 2.85. The fourth-order valence-electron chi connectivity index (χ4n) is 1.60. The van der Waals surface area contributed by atoms with Crippen molar-refractivity contribution < 1.29 is 4.42 Å². The van der Waals surface area contributed by atoms with Crippen molar-refractivity contribution >= 4 is 11.3 Å². The van der Waals surface area contributed by atoms with Crippen LogP contribution in [0, 0.1) is 6.92 Å². The van der Waals surface area contributed by atoms with E-state index < -0.39 is 0 Å². The summed E-state index contributed by atoms with van der Waals surface area (Å²) in [6, 6.07) is 2.20. The molecule has 1 N–H and O–H groups in total. The summed E-state index contributed by atoms with van der Waals surface area (Å²) in [4.78, 5) is 4.28. The van der Waals surface area contributed by atoms with Gasteiger partial charge in [0, 0.05) is 18.0 Å². The Bertz CT molecular complexity index is 408. The Morgan fingerprint density at radius 1 is 1.60 bits per heavy atom. The number of nitrogens with one attached hydrogen (secondary N) is 1. The second-order valence-corrected chi connectivity index (χ2v) is 4.42. The van der Waals surface area contributed by atoms with Crippen LogP contribution in [0.3, 0.4) is 0 Å². The Labute approximate surface area is 93.2 Å². The molecule has 3 nitrogen and oxygen atoms in total. The van der Waals surface area contributed by atoms with E-state index in [0.29, 0.717) is 0 Å². The quantitative estimate of drug-likeness (QED) is 0.864. The first-order chi connectivity index (χ1) is 7.31. The van der Waals surface area contributed by atoms with E-state index in [2.05, 4.69) is 17.2 Å². The van der Waals surface area contributed by atoms with Gasteiger partial charge >= 0.3 is 0 Å². The highest BCUT2D eigenvalue weighted by molar-refractivity contribution is 7.09. The molecule has 0 aliphatic heterocycles. The van der Waals surface area contributed by atoms with Crippen LogP contribution >= 0.6 is 11.3 Å². The summed E-state index contributed by atoms with van der Waals surface area (Å²) < 4.78 is 5.48. The van der Waals surface area contributed by atoms with Gasteiger partial charge in [-0.1, -0.05) is 0 Å². The van der Waals surface area contributed by atoms with Crippen molar-refractivity contribution in [1.29, 1.82) is 0 Å². The molecule has 4 heteroatoms. The van der Waals surface area contributed by atoms with Crippen molar-refractivity contribution in [2.75, 3.05) is 7.05 Å². The topological polar surface area (TPSA) is 38.1 Å². The smallest absolute Gasteiger partial charge is 0.123 e. The summed E-state index contributed by atoms with van der Waals surface area (Å²) in [5, 5.41) is 6.38. The Kier molecular flexibility index (Phi) is 3.18. The third kappa shape index (κ3) is 2.27. The molecular formula is C11H14N2OS. The van der Waals surface area contributed by atoms with E-state index in [0.717, 1.165) is 17.2 Å². The summed E-state index contributed by atoms with van der Waals surface area (Å²) in [5.74, 6) is 1.01. The molecule has 80 valence electrons. The van der Waals surface area contributed by atoms with E-state index in [1.165, 1.54) is 5.56 Å². The molecule has 0 saturated heterocycles. The Balaban J connectivity index is 2.15. The summed E-state index contributed by atoms with van der Waals surface area (Å²) in [6.45, 7) is 2.06. The Morgan fingerprint density at radius 2 is 2.47 bits per heavy atom. The van der Waals surface area contributed by atoms with Crippen molar-refractivity contribution in [2.45, 2.75) is 19.4 Å². The second-order valence-electron chi connectivity index (χ2n) is 3.44. The van der Waals surface area contributed by atoms with Crippen LogP contribution in [0.5, 0.6) is 0 Å². The van der Waals surface area contributed by atoms with Crippen LogP contribution in [0.4, 0.5) is 0 Å². The fourth-order valence-corrected chi connectivity index (χ4v) is 2.26. The molecular weight excluding hydrogens is 208 g/mol. The number of hydrogen-bond acceptors (Lipinski definition) is 4. The molecule has 2 heterocycles. The predicted molar refractivity (Wildman–Crippen MR) is 61.1 cm³/mol. The SMILES string of the molecule is CNC(Cc1nccs1)c1occc1C. The van der Waals surface area contributed by atoms with Gasteiger partial charge in [0.15, 0.2) is 0 Å². The predicted octanol–water partition coefficient (Wildman–Crippen LogP) is 2.55. The highest BCUT2D eigenvalue weighted by Crippen LogP contribution is 2.22. The number of rotatable bonds is 4. The van der Waals surface area contributed by atoms with Gasteiger partial charge in [-0.3, -0.25) is 0 Å². The standard InChI is InChI=1S/C11H14N2OS/c1-8-3-5-14-11(8)9(12-2)7-10-13-4-6-15-10/h3-6,9,12H,7H2,1-2H3. The average molecular weight is 222 g/mol. The summed E-state index contributed by atoms with van der Waals surface area (Å²) in [7, 11) is 1.94. The van der Waals surface area contributed by atoms with Crippen LogP contribution in [-0.4, -0.2) is 12.0 Å². The van der Waals surface area contributed by atoms with E-state index in [1.807, 2.05) is 24.7 Å². The number of furan rings is 1. The van der Waals surface area contributed by atoms with Crippen molar-refractivity contribution in [2.24, 2.45) is 0 Å². The van der Waals surface area contributed by atoms with Gasteiger partial charge in [0.2, 0.25) is 0 Å². The third-order valence-electron chi connectivity index (χ3n) is 2.43. The number of aryl methyl sites for hydroxylation is 1. The van der Waals surface area contributed by atoms with Crippen molar-refractivity contribution in [1.82, 2.24) is 10.3 Å². The van der Waals surface area contributed by atoms with Crippen molar-refractivity contribution in [3.8, 4) is 0 Å². The van der Waals surface area contributed by atoms with Gasteiger partial charge in [0.1, 0.15) is 5.76 Å². The van der Waals surface area contributed by atoms with Crippen LogP contribution in [0.1, 0.15) is 22.4 Å². The van der Waals surface area contributed by atoms with E-state index in [9.17, 15) is 0 Å². The molecule has 0 aliphatic carbocycles. The molecule has 2 rings (SSSR count). The van der Waals surface area contributed by atoms with E-state index >= 15 is 0 Å². The van der Waals surface area contributed by atoms with Crippen molar-refractivity contribution in [3.05, 3.63) is 40.2 Å². The highest BCUT2D eigenvalue weighted by Gasteiger charge is 2.16. The minimum Gasteiger partial charge on any atom is -0.467 e. The highest BCUT2D eigenvalue weighted by atomic mass is 32.1. The number of nitrogens with zero attached hydrogens (tertiary/aromatic N) is 1. The number of hydrogen-bond donors (Lipinski definition) is 1. The van der Waals surface area contributed by atoms with Gasteiger partial charge < -0.3 is 9.73 Å². The molecule has 0 aliphatic rings. The lowest BCUT2D eigenvalue weighted by molar-refractivity contribution is 0.426. The molecule has 0 aromatic carbocycles. The first-order valence-electron chi connectivity index (χ1n) is 4.91. The first-order valence-corrected chi connectivity index (χ1v) is 5.79. The van der Waals surface area contributed by atoms with Crippen LogP contribution in [0.25, 0.3) is 0 Å². The lowest BCUT2D eigenvalue weighted by atomic mass is 10.1. The summed E-state index contributed by atoms with van der Waals surface area (Å²) >= 11 is 1.68. The van der Waals surface area contributed by atoms with Crippen LogP contribution < -0.4 is 5.32 Å². The molecule has 0 fully saturated rings. The monoisotopic (exact) mass is 222 g/mol. The summed E-state index contributed by atoms with van der Waals surface area (Å²) in [5.41, 5.74) is 1.19. The molecule has 2 aromatic rings. The summed E-state index contributed by atoms with van der Waals surface area (Å²) in [6.07, 6.45) is 4.45. The van der Waals surface area contributed by atoms with E-state index in [-0.39, 0.29) is 6.04 Å². The zero-order valence-corrected chi connectivity index (χ0v) is 9.67. The van der Waals surface area contributed by atoms with E-state index in [1.54, 1.807) is 17.6 Å². The normalized spacial score (nSPS) is 12.9. The lowest BCUT2D eigenvalue weighted by Gasteiger charge is -2.12. The minimum absolute atomic E-state index is 0.214. The lowest BCUT2D eigenvalue weighted by Crippen LogP contribution is -2.18. The number of likely N-dealkylation sites (N-methyl/N-ethyl adjacent to an activating group) is 1. The molecule has 1 atom stereocenters. The van der Waals surface area contributed by atoms with Gasteiger partial charge in [-0.25, -0.2) is 4.98 Å². The van der Waals surface area contributed by atoms with Gasteiger partial charge in [-0.15, -0.1) is 11.3 Å². The van der Waals surface area contributed by atoms with Gasteiger partial charge in [-0.2, -0.15) is 0 Å². The Hall–Kier alpha value is -1.13. The largest absolute Gasteiger partial charge is 0.467 e. The molecule has 0 radical (unpaired) electrons. The first kappa shape index (κ1) is 10.4. The second kappa shape index (κ2) is 4.59. The molecule has 0 bridgehead atoms. The molecule has 1 unspecified atom stereocenters. The van der Waals surface area contributed by atoms with Crippen LogP contribution in [0.2, 0.25) is 0 Å². The maximum Gasteiger partial charge on any atom is 0.123 e. The molecule has 15 heavy (non-hydrogen) atoms. The third-order valence-corrected chi connectivity index (χ3v) is 3.23. The van der Waals surface area contributed by atoms with Crippen LogP contribution in [0.15, 0.2) is 28.3 Å². The molecule has 0 saturated carbocycles. The zero-order chi connectivity index (χ0) is 10.7. The maximum atomic E-state index is 5.48. The maximum absolute atomic E-state index is 5.48. The van der Waals surface area contributed by atoms with Crippen LogP contribution in [-0.2, 0) is 6.42 Å². The van der Waals surface area contributed by atoms with Gasteiger partial charge in [0.05, 0.1) is 17.3 Å². The molecule has 2 aromatic heterocycles. The fraction of sp³-hybridized carbons (Fsp3) is 0.364. The zero-order valence-electron chi connectivity index (χ0n) is 8.86. The Morgan fingerprint density at radius 3 is 3.00 bits per heavy atom. The minimum atomic E-state index is 0.214. The van der Waals surface area contributed by atoms with Gasteiger partial charge in [0.25, 0.3) is 0 Å². The van der Waals surface area contributed by atoms with Crippen molar-refractivity contribution in [3.63, 3.8) is 0 Å². The van der Waals surface area contributed by atoms with Gasteiger partial charge in [-0.05, 0) is 25.6 Å².